The Morgan fingerprint density at radius 2 is 1.64 bits per heavy atom. The van der Waals surface area contributed by atoms with Gasteiger partial charge in [0.1, 0.15) is 11.9 Å². The minimum atomic E-state index is -0.368. The van der Waals surface area contributed by atoms with Crippen molar-refractivity contribution >= 4 is 0 Å². The maximum absolute atomic E-state index is 13.9. The van der Waals surface area contributed by atoms with Gasteiger partial charge in [-0.25, -0.2) is 4.39 Å². The maximum Gasteiger partial charge on any atom is 0.141 e. The second kappa shape index (κ2) is 8.48. The van der Waals surface area contributed by atoms with E-state index in [2.05, 4.69) is 18.7 Å². The largest absolute Gasteiger partial charge is 0.206 e. The Hall–Kier alpha value is -1.88. The molecule has 0 saturated heterocycles. The van der Waals surface area contributed by atoms with Gasteiger partial charge in [0, 0.05) is 0 Å². The molecule has 2 fully saturated rings. The summed E-state index contributed by atoms with van der Waals surface area (Å²) in [6.45, 7) is 3.75. The summed E-state index contributed by atoms with van der Waals surface area (Å²) >= 11 is 0. The third kappa shape index (κ3) is 4.40. The van der Waals surface area contributed by atoms with Crippen molar-refractivity contribution in [2.45, 2.75) is 57.3 Å². The van der Waals surface area contributed by atoms with Gasteiger partial charge >= 0.3 is 0 Å². The molecule has 0 amide bonds. The van der Waals surface area contributed by atoms with E-state index in [-0.39, 0.29) is 11.4 Å². The minimum Gasteiger partial charge on any atom is -0.206 e. The van der Waals surface area contributed by atoms with Crippen molar-refractivity contribution < 1.29 is 4.39 Å². The summed E-state index contributed by atoms with van der Waals surface area (Å²) in [5, 5.41) is 8.87. The molecule has 2 heteroatoms. The van der Waals surface area contributed by atoms with Gasteiger partial charge in [0.15, 0.2) is 0 Å². The van der Waals surface area contributed by atoms with E-state index in [9.17, 15) is 4.39 Å². The molecule has 1 aromatic rings. The summed E-state index contributed by atoms with van der Waals surface area (Å²) in [7, 11) is 0. The van der Waals surface area contributed by atoms with Crippen molar-refractivity contribution in [3.63, 3.8) is 0 Å². The van der Waals surface area contributed by atoms with E-state index in [1.807, 2.05) is 18.2 Å². The number of hydrogen-bond donors (Lipinski definition) is 0. The Kier molecular flexibility index (Phi) is 6.08. The predicted octanol–water partition coefficient (Wildman–Crippen LogP) is 6.52. The van der Waals surface area contributed by atoms with Gasteiger partial charge in [-0.1, -0.05) is 30.9 Å². The zero-order chi connectivity index (χ0) is 17.6. The van der Waals surface area contributed by atoms with Crippen LogP contribution < -0.4 is 0 Å². The van der Waals surface area contributed by atoms with E-state index in [0.29, 0.717) is 5.92 Å². The van der Waals surface area contributed by atoms with Gasteiger partial charge in [0.25, 0.3) is 0 Å². The monoisotopic (exact) mass is 337 g/mol. The van der Waals surface area contributed by atoms with Crippen LogP contribution in [0.5, 0.6) is 0 Å². The highest BCUT2D eigenvalue weighted by Gasteiger charge is 2.30. The Bertz CT molecular complexity index is 653. The Labute approximate surface area is 151 Å². The molecule has 1 aromatic carbocycles. The molecule has 0 bridgehead atoms. The van der Waals surface area contributed by atoms with Crippen LogP contribution in [0.2, 0.25) is 0 Å². The van der Waals surface area contributed by atoms with Crippen LogP contribution in [0, 0.1) is 34.9 Å². The highest BCUT2D eigenvalue weighted by atomic mass is 19.1. The van der Waals surface area contributed by atoms with Gasteiger partial charge in [-0.15, -0.1) is 0 Å². The molecule has 0 radical (unpaired) electrons. The van der Waals surface area contributed by atoms with Crippen molar-refractivity contribution in [1.82, 2.24) is 0 Å². The topological polar surface area (TPSA) is 23.8 Å². The summed E-state index contributed by atoms with van der Waals surface area (Å²) in [5.74, 6) is 2.57. The lowest BCUT2D eigenvalue weighted by Crippen LogP contribution is -2.25. The number of nitrogens with zero attached hydrogens (tertiary/aromatic N) is 1. The van der Waals surface area contributed by atoms with Crippen molar-refractivity contribution in [3.8, 4) is 6.07 Å². The number of benzene rings is 1. The van der Waals surface area contributed by atoms with Crippen LogP contribution in [0.15, 0.2) is 43.0 Å². The quantitative estimate of drug-likeness (QED) is 0.574. The van der Waals surface area contributed by atoms with E-state index < -0.39 is 0 Å². The van der Waals surface area contributed by atoms with Gasteiger partial charge in [-0.3, -0.25) is 0 Å². The molecule has 132 valence electrons. The molecule has 1 nitrogen and oxygen atoms in total. The van der Waals surface area contributed by atoms with Crippen LogP contribution >= 0.6 is 0 Å². The van der Waals surface area contributed by atoms with Crippen LogP contribution in [-0.4, -0.2) is 0 Å². The zero-order valence-electron chi connectivity index (χ0n) is 15.0. The maximum atomic E-state index is 13.9. The molecule has 0 N–H and O–H groups in total. The van der Waals surface area contributed by atoms with E-state index in [0.717, 1.165) is 36.2 Å². The normalized spacial score (nSPS) is 30.1. The first kappa shape index (κ1) is 17.9. The molecule has 0 aliphatic heterocycles. The molecule has 2 aliphatic carbocycles. The van der Waals surface area contributed by atoms with Crippen molar-refractivity contribution in [3.05, 3.63) is 60.0 Å². The molecule has 0 aromatic heterocycles. The molecule has 0 atom stereocenters. The van der Waals surface area contributed by atoms with E-state index >= 15 is 0 Å². The van der Waals surface area contributed by atoms with E-state index in [1.54, 1.807) is 12.1 Å². The Morgan fingerprint density at radius 3 is 2.20 bits per heavy atom. The van der Waals surface area contributed by atoms with E-state index in [1.165, 1.54) is 38.5 Å². The van der Waals surface area contributed by atoms with Crippen LogP contribution in [0.4, 0.5) is 4.39 Å². The number of hydrogen-bond acceptors (Lipinski definition) is 1. The van der Waals surface area contributed by atoms with Crippen LogP contribution in [0.1, 0.15) is 68.4 Å². The first-order valence-corrected chi connectivity index (χ1v) is 9.70. The Balaban J connectivity index is 1.51. The summed E-state index contributed by atoms with van der Waals surface area (Å²) in [6.07, 6.45) is 16.5. The fraction of sp³-hybridized carbons (Fsp3) is 0.522. The summed E-state index contributed by atoms with van der Waals surface area (Å²) < 4.78 is 13.9. The molecule has 0 unspecified atom stereocenters. The molecule has 25 heavy (non-hydrogen) atoms. The molecule has 0 heterocycles. The third-order valence-electron chi connectivity index (χ3n) is 6.36. The lowest BCUT2D eigenvalue weighted by atomic mass is 9.68. The number of rotatable bonds is 4. The highest BCUT2D eigenvalue weighted by Crippen LogP contribution is 2.44. The van der Waals surface area contributed by atoms with Gasteiger partial charge in [0.2, 0.25) is 0 Å². The average Bonchev–Trinajstić information content (AvgIpc) is 2.67. The van der Waals surface area contributed by atoms with Gasteiger partial charge in [-0.05, 0) is 92.7 Å². The number of allylic oxidation sites excluding steroid dienone is 3. The lowest BCUT2D eigenvalue weighted by molar-refractivity contribution is 0.171. The van der Waals surface area contributed by atoms with Crippen molar-refractivity contribution in [2.75, 3.05) is 0 Å². The first-order valence-electron chi connectivity index (χ1n) is 9.70. The number of nitriles is 1. The molecule has 2 saturated carbocycles. The van der Waals surface area contributed by atoms with Gasteiger partial charge < -0.3 is 0 Å². The standard InChI is InChI=1S/C23H28FN/c1-2-3-4-17-5-7-18(8-6-17)19-9-11-20(12-10-19)21-13-14-22(16-25)23(24)15-21/h2-4,13-15,17-20H,1,5-12H2. The lowest BCUT2D eigenvalue weighted by Gasteiger charge is -2.37. The predicted molar refractivity (Wildman–Crippen MR) is 101 cm³/mol. The van der Waals surface area contributed by atoms with Crippen molar-refractivity contribution in [2.24, 2.45) is 17.8 Å². The molecule has 2 aliphatic rings. The van der Waals surface area contributed by atoms with Gasteiger partial charge in [0.05, 0.1) is 5.56 Å². The minimum absolute atomic E-state index is 0.152. The highest BCUT2D eigenvalue weighted by molar-refractivity contribution is 5.34. The second-order valence-electron chi connectivity index (χ2n) is 7.76. The first-order chi connectivity index (χ1) is 12.2. The number of halogens is 1. The van der Waals surface area contributed by atoms with E-state index in [4.69, 9.17) is 5.26 Å². The summed E-state index contributed by atoms with van der Waals surface area (Å²) in [6, 6.07) is 7.07. The molecular weight excluding hydrogens is 309 g/mol. The van der Waals surface area contributed by atoms with Crippen molar-refractivity contribution in [1.29, 1.82) is 5.26 Å². The Morgan fingerprint density at radius 1 is 1.00 bits per heavy atom. The molecule has 0 spiro atoms. The van der Waals surface area contributed by atoms with Crippen LogP contribution in [-0.2, 0) is 0 Å². The fourth-order valence-corrected chi connectivity index (χ4v) is 4.84. The van der Waals surface area contributed by atoms with Crippen LogP contribution in [0.25, 0.3) is 0 Å². The van der Waals surface area contributed by atoms with Crippen LogP contribution in [0.3, 0.4) is 0 Å². The summed E-state index contributed by atoms with van der Waals surface area (Å²) in [5.41, 5.74) is 1.23. The smallest absolute Gasteiger partial charge is 0.141 e. The third-order valence-corrected chi connectivity index (χ3v) is 6.36. The zero-order valence-corrected chi connectivity index (χ0v) is 15.0. The fourth-order valence-electron chi connectivity index (χ4n) is 4.84. The average molecular weight is 337 g/mol. The molecule has 3 rings (SSSR count). The molecular formula is C23H28FN. The summed E-state index contributed by atoms with van der Waals surface area (Å²) in [4.78, 5) is 0. The van der Waals surface area contributed by atoms with Gasteiger partial charge in [-0.2, -0.15) is 5.26 Å². The SMILES string of the molecule is C=CC=CC1CCC(C2CCC(c3ccc(C#N)c(F)c3)CC2)CC1. The second-order valence-corrected chi connectivity index (χ2v) is 7.76.